The smallest absolute Gasteiger partial charge is 0.197 e. The number of phenolic OH excluding ortho intramolecular Hbond substituents is 3. The van der Waals surface area contributed by atoms with Gasteiger partial charge in [0.15, 0.2) is 28.8 Å². The number of rotatable bonds is 6. The van der Waals surface area contributed by atoms with Crippen LogP contribution in [-0.2, 0) is 14.2 Å². The Kier molecular flexibility index (Phi) is 8.30. The highest BCUT2D eigenvalue weighted by Crippen LogP contribution is 2.44. The Bertz CT molecular complexity index is 1500. The van der Waals surface area contributed by atoms with E-state index in [0.29, 0.717) is 0 Å². The van der Waals surface area contributed by atoms with Crippen LogP contribution in [0.15, 0.2) is 39.5 Å². The molecule has 15 heteroatoms. The summed E-state index contributed by atoms with van der Waals surface area (Å²) >= 11 is 0. The third-order valence-corrected chi connectivity index (χ3v) is 7.36. The van der Waals surface area contributed by atoms with Gasteiger partial charge in [-0.3, -0.25) is 4.79 Å². The number of fused-ring (bicyclic) bond motifs is 1. The van der Waals surface area contributed by atoms with Crippen molar-refractivity contribution in [2.24, 2.45) is 0 Å². The highest BCUT2D eigenvalue weighted by Gasteiger charge is 2.50. The maximum atomic E-state index is 13.1. The summed E-state index contributed by atoms with van der Waals surface area (Å²) in [5.41, 5.74) is -1.31. The van der Waals surface area contributed by atoms with Crippen LogP contribution in [0.2, 0.25) is 0 Å². The molecular formula is C27H30O15. The summed E-state index contributed by atoms with van der Waals surface area (Å²) in [7, 11) is 1.35. The van der Waals surface area contributed by atoms with Gasteiger partial charge in [0.05, 0.1) is 25.9 Å². The van der Waals surface area contributed by atoms with E-state index in [9.17, 15) is 50.8 Å². The van der Waals surface area contributed by atoms with E-state index < -0.39 is 90.8 Å². The summed E-state index contributed by atoms with van der Waals surface area (Å²) in [5.74, 6) is -1.56. The van der Waals surface area contributed by atoms with E-state index >= 15 is 0 Å². The van der Waals surface area contributed by atoms with E-state index in [1.54, 1.807) is 0 Å². The summed E-state index contributed by atoms with van der Waals surface area (Å²) in [4.78, 5) is 13.1. The molecule has 2 aliphatic rings. The normalized spacial score (nSPS) is 31.7. The van der Waals surface area contributed by atoms with Crippen molar-refractivity contribution in [1.29, 1.82) is 0 Å². The van der Waals surface area contributed by atoms with Crippen molar-refractivity contribution in [1.82, 2.24) is 0 Å². The van der Waals surface area contributed by atoms with Gasteiger partial charge in [-0.15, -0.1) is 0 Å². The lowest BCUT2D eigenvalue weighted by molar-refractivity contribution is -0.325. The van der Waals surface area contributed by atoms with Crippen molar-refractivity contribution >= 4 is 11.0 Å². The molecule has 5 rings (SSSR count). The van der Waals surface area contributed by atoms with Crippen LogP contribution in [0.3, 0.4) is 0 Å². The second-order valence-electron chi connectivity index (χ2n) is 10.0. The van der Waals surface area contributed by atoms with Crippen molar-refractivity contribution in [2.45, 2.75) is 55.1 Å². The van der Waals surface area contributed by atoms with E-state index in [2.05, 4.69) is 0 Å². The average Bonchev–Trinajstić information content (AvgIpc) is 2.95. The first-order chi connectivity index (χ1) is 20.0. The first kappa shape index (κ1) is 30.0. The number of phenols is 3. The van der Waals surface area contributed by atoms with Gasteiger partial charge in [0, 0.05) is 17.7 Å². The van der Waals surface area contributed by atoms with Crippen LogP contribution in [0, 0.1) is 0 Å². The van der Waals surface area contributed by atoms with Crippen LogP contribution >= 0.6 is 0 Å². The predicted octanol–water partition coefficient (Wildman–Crippen LogP) is -1.44. The van der Waals surface area contributed by atoms with E-state index in [4.69, 9.17) is 23.4 Å². The number of benzene rings is 2. The van der Waals surface area contributed by atoms with E-state index in [-0.39, 0.29) is 33.8 Å². The zero-order chi connectivity index (χ0) is 30.5. The second kappa shape index (κ2) is 11.6. The molecular weight excluding hydrogens is 564 g/mol. The lowest BCUT2D eigenvalue weighted by Crippen LogP contribution is -2.61. The molecule has 2 saturated heterocycles. The molecule has 9 atom stereocenters. The van der Waals surface area contributed by atoms with Gasteiger partial charge < -0.3 is 69.3 Å². The number of aliphatic hydroxyl groups excluding tert-OH is 6. The average molecular weight is 595 g/mol. The van der Waals surface area contributed by atoms with Crippen LogP contribution < -0.4 is 10.2 Å². The minimum atomic E-state index is -1.91. The van der Waals surface area contributed by atoms with Crippen molar-refractivity contribution < 1.29 is 69.3 Å². The lowest BCUT2D eigenvalue weighted by atomic mass is 9.89. The summed E-state index contributed by atoms with van der Waals surface area (Å²) in [6.45, 7) is -1.22. The third-order valence-electron chi connectivity index (χ3n) is 7.36. The third kappa shape index (κ3) is 5.15. The molecule has 0 saturated carbocycles. The molecule has 1 unspecified atom stereocenters. The fraction of sp³-hybridized carbons (Fsp3) is 0.444. The molecule has 42 heavy (non-hydrogen) atoms. The molecule has 0 amide bonds. The summed E-state index contributed by atoms with van der Waals surface area (Å²) in [6.07, 6.45) is -14.8. The molecule has 3 aromatic rings. The molecule has 2 aromatic carbocycles. The Labute approximate surface area is 236 Å². The van der Waals surface area contributed by atoms with Crippen LogP contribution in [-0.4, -0.2) is 115 Å². The monoisotopic (exact) mass is 594 g/mol. The number of hydrogen-bond acceptors (Lipinski definition) is 15. The minimum absolute atomic E-state index is 0.105. The standard InChI is InChI=1S/C27H30O15/c1-38-15-3-2-9(4-10(15)29)16-6-13(32)18-11(30)5-12(31)19(25(18)40-16)26-22(36)21(35)24(17(7-28)41-26)42-27-23(37)20(34)14(33)8-39-27/h2-6,14,17,20-24,26-31,33-37H,7-8H2,1H3/t14-,17+,20-,21+,22+,23+,24+,26?,27-/m0/s1. The topological polar surface area (TPSA) is 249 Å². The number of hydrogen-bond donors (Lipinski definition) is 9. The first-order valence-corrected chi connectivity index (χ1v) is 12.8. The van der Waals surface area contributed by atoms with E-state index in [1.165, 1.54) is 25.3 Å². The first-order valence-electron chi connectivity index (χ1n) is 12.8. The zero-order valence-electron chi connectivity index (χ0n) is 22.0. The van der Waals surface area contributed by atoms with Crippen LogP contribution in [0.25, 0.3) is 22.3 Å². The van der Waals surface area contributed by atoms with E-state index in [1.807, 2.05) is 0 Å². The van der Waals surface area contributed by atoms with Crippen LogP contribution in [0.4, 0.5) is 0 Å². The van der Waals surface area contributed by atoms with Crippen molar-refractivity contribution in [2.75, 3.05) is 20.3 Å². The Morgan fingerprint density at radius 2 is 1.64 bits per heavy atom. The molecule has 3 heterocycles. The van der Waals surface area contributed by atoms with Gasteiger partial charge in [0.1, 0.15) is 71.5 Å². The maximum absolute atomic E-state index is 13.1. The Morgan fingerprint density at radius 1 is 0.905 bits per heavy atom. The molecule has 228 valence electrons. The van der Waals surface area contributed by atoms with Crippen molar-refractivity contribution in [3.8, 4) is 34.3 Å². The Balaban J connectivity index is 1.55. The molecule has 2 fully saturated rings. The molecule has 0 aliphatic carbocycles. The van der Waals surface area contributed by atoms with Gasteiger partial charge in [0.25, 0.3) is 0 Å². The van der Waals surface area contributed by atoms with Gasteiger partial charge >= 0.3 is 0 Å². The quantitative estimate of drug-likeness (QED) is 0.159. The van der Waals surface area contributed by atoms with Gasteiger partial charge in [-0.25, -0.2) is 0 Å². The minimum Gasteiger partial charge on any atom is -0.507 e. The summed E-state index contributed by atoms with van der Waals surface area (Å²) in [5, 5.41) is 93.1. The Morgan fingerprint density at radius 3 is 2.31 bits per heavy atom. The number of ether oxygens (including phenoxy) is 4. The highest BCUT2D eigenvalue weighted by molar-refractivity contribution is 5.89. The van der Waals surface area contributed by atoms with Gasteiger partial charge in [-0.1, -0.05) is 0 Å². The molecule has 0 radical (unpaired) electrons. The van der Waals surface area contributed by atoms with Gasteiger partial charge in [0.2, 0.25) is 0 Å². The summed E-state index contributed by atoms with van der Waals surface area (Å²) in [6, 6.07) is 6.01. The number of aliphatic hydroxyl groups is 6. The maximum Gasteiger partial charge on any atom is 0.197 e. The number of aromatic hydroxyl groups is 3. The molecule has 0 spiro atoms. The SMILES string of the molecule is COc1ccc(-c2cc(=O)c3c(O)cc(O)c(C4O[C@H](CO)[C@@H](O[C@@H]5OC[C@H](O)[C@H](O)[C@H]5O)[C@H](O)[C@H]4O)c3o2)cc1O. The van der Waals surface area contributed by atoms with Crippen molar-refractivity contribution in [3.05, 3.63) is 46.1 Å². The predicted molar refractivity (Wildman–Crippen MR) is 139 cm³/mol. The van der Waals surface area contributed by atoms with Crippen LogP contribution in [0.5, 0.6) is 23.0 Å². The molecule has 15 nitrogen and oxygen atoms in total. The van der Waals surface area contributed by atoms with E-state index in [0.717, 1.165) is 12.1 Å². The van der Waals surface area contributed by atoms with Gasteiger partial charge in [-0.05, 0) is 18.2 Å². The molecule has 1 aromatic heterocycles. The van der Waals surface area contributed by atoms with Crippen LogP contribution in [0.1, 0.15) is 11.7 Å². The lowest BCUT2D eigenvalue weighted by Gasteiger charge is -2.45. The van der Waals surface area contributed by atoms with Crippen molar-refractivity contribution in [3.63, 3.8) is 0 Å². The highest BCUT2D eigenvalue weighted by atomic mass is 16.7. The van der Waals surface area contributed by atoms with Gasteiger partial charge in [-0.2, -0.15) is 0 Å². The zero-order valence-corrected chi connectivity index (χ0v) is 22.0. The summed E-state index contributed by atoms with van der Waals surface area (Å²) < 4.78 is 27.5. The molecule has 9 N–H and O–H groups in total. The number of methoxy groups -OCH3 is 1. The fourth-order valence-electron chi connectivity index (χ4n) is 5.13. The Hall–Kier alpha value is -3.51. The largest absolute Gasteiger partial charge is 0.507 e. The molecule has 2 aliphatic heterocycles. The fourth-order valence-corrected chi connectivity index (χ4v) is 5.13. The molecule has 0 bridgehead atoms. The second-order valence-corrected chi connectivity index (χ2v) is 10.0.